The lowest BCUT2D eigenvalue weighted by atomic mass is 10.2. The van der Waals surface area contributed by atoms with Crippen molar-refractivity contribution in [1.29, 1.82) is 0 Å². The summed E-state index contributed by atoms with van der Waals surface area (Å²) >= 11 is 11.0. The van der Waals surface area contributed by atoms with Gasteiger partial charge in [-0.3, -0.25) is 14.9 Å². The molecule has 2 rings (SSSR count). The predicted octanol–water partition coefficient (Wildman–Crippen LogP) is 4.26. The summed E-state index contributed by atoms with van der Waals surface area (Å²) in [4.78, 5) is 26.3. The molecule has 0 unspecified atom stereocenters. The first-order chi connectivity index (χ1) is 9.88. The number of amides is 1. The molecule has 0 saturated carbocycles. The number of benzene rings is 1. The van der Waals surface area contributed by atoms with Crippen molar-refractivity contribution in [2.75, 3.05) is 5.32 Å². The third kappa shape index (κ3) is 3.89. The van der Waals surface area contributed by atoms with Gasteiger partial charge in [-0.05, 0) is 46.9 Å². The van der Waals surface area contributed by atoms with Gasteiger partial charge in [0.2, 0.25) is 5.82 Å². The highest BCUT2D eigenvalue weighted by Crippen LogP contribution is 2.25. The van der Waals surface area contributed by atoms with Crippen molar-refractivity contribution in [3.63, 3.8) is 0 Å². The Morgan fingerprint density at radius 2 is 2.10 bits per heavy atom. The number of carbonyl (C=O) groups is 1. The lowest BCUT2D eigenvalue weighted by molar-refractivity contribution is -0.384. The van der Waals surface area contributed by atoms with Gasteiger partial charge < -0.3 is 5.32 Å². The lowest BCUT2D eigenvalue weighted by Gasteiger charge is -2.07. The Morgan fingerprint density at radius 1 is 1.38 bits per heavy atom. The van der Waals surface area contributed by atoms with Crippen molar-refractivity contribution in [1.82, 2.24) is 4.98 Å². The van der Waals surface area contributed by atoms with E-state index >= 15 is 0 Å². The third-order valence-electron chi connectivity index (χ3n) is 2.44. The molecule has 0 spiro atoms. The number of halogens is 3. The molecule has 0 saturated heterocycles. The van der Waals surface area contributed by atoms with Crippen LogP contribution in [0.1, 0.15) is 10.4 Å². The Bertz CT molecular complexity index is 742. The Labute approximate surface area is 146 Å². The minimum absolute atomic E-state index is 0.0554. The van der Waals surface area contributed by atoms with E-state index in [0.29, 0.717) is 9.13 Å². The monoisotopic (exact) mass is 481 g/mol. The summed E-state index contributed by atoms with van der Waals surface area (Å²) in [5, 5.41) is 13.4. The van der Waals surface area contributed by atoms with Crippen LogP contribution in [0.25, 0.3) is 0 Å². The Hall–Kier alpha value is -1.26. The fourth-order valence-corrected chi connectivity index (χ4v) is 2.60. The van der Waals surface area contributed by atoms with Crippen LogP contribution < -0.4 is 5.32 Å². The van der Waals surface area contributed by atoms with E-state index in [1.165, 1.54) is 12.1 Å². The van der Waals surface area contributed by atoms with Gasteiger partial charge in [-0.15, -0.1) is 0 Å². The molecular weight excluding hydrogens is 476 g/mol. The first kappa shape index (κ1) is 16.1. The third-order valence-corrected chi connectivity index (χ3v) is 4.09. The van der Waals surface area contributed by atoms with E-state index in [2.05, 4.69) is 26.2 Å². The molecule has 0 aliphatic carbocycles. The van der Waals surface area contributed by atoms with E-state index in [1.807, 2.05) is 22.6 Å². The van der Waals surface area contributed by atoms with Crippen LogP contribution in [0, 0.1) is 13.7 Å². The SMILES string of the molecule is O=C(Nc1nc(Cl)ccc1[N+](=O)[O-])c1cc(Br)ccc1I. The van der Waals surface area contributed by atoms with Gasteiger partial charge in [0.25, 0.3) is 5.91 Å². The molecule has 9 heteroatoms. The molecule has 6 nitrogen and oxygen atoms in total. The van der Waals surface area contributed by atoms with Gasteiger partial charge in [0.05, 0.1) is 10.5 Å². The van der Waals surface area contributed by atoms with Crippen LogP contribution in [0.5, 0.6) is 0 Å². The first-order valence-corrected chi connectivity index (χ1v) is 7.71. The van der Waals surface area contributed by atoms with Gasteiger partial charge >= 0.3 is 5.69 Å². The number of aromatic nitrogens is 1. The summed E-state index contributed by atoms with van der Waals surface area (Å²) < 4.78 is 1.43. The fraction of sp³-hybridized carbons (Fsp3) is 0. The highest BCUT2D eigenvalue weighted by Gasteiger charge is 2.20. The van der Waals surface area contributed by atoms with Gasteiger partial charge in [-0.25, -0.2) is 4.98 Å². The second-order valence-electron chi connectivity index (χ2n) is 3.84. The van der Waals surface area contributed by atoms with Gasteiger partial charge in [-0.2, -0.15) is 0 Å². The summed E-state index contributed by atoms with van der Waals surface area (Å²) in [6.45, 7) is 0. The molecule has 1 aromatic heterocycles. The molecule has 108 valence electrons. The molecule has 1 amide bonds. The van der Waals surface area contributed by atoms with Gasteiger partial charge in [0, 0.05) is 14.1 Å². The van der Waals surface area contributed by atoms with E-state index in [0.717, 1.165) is 4.47 Å². The maximum Gasteiger partial charge on any atom is 0.311 e. The van der Waals surface area contributed by atoms with E-state index in [-0.39, 0.29) is 16.7 Å². The summed E-state index contributed by atoms with van der Waals surface area (Å²) in [6, 6.07) is 7.64. The largest absolute Gasteiger partial charge is 0.311 e. The zero-order valence-electron chi connectivity index (χ0n) is 10.1. The van der Waals surface area contributed by atoms with E-state index < -0.39 is 10.8 Å². The van der Waals surface area contributed by atoms with Gasteiger partial charge in [0.1, 0.15) is 5.15 Å². The molecule has 0 bridgehead atoms. The summed E-state index contributed by atoms with van der Waals surface area (Å²) in [5.74, 6) is -0.688. The highest BCUT2D eigenvalue weighted by atomic mass is 127. The van der Waals surface area contributed by atoms with Crippen molar-refractivity contribution < 1.29 is 9.72 Å². The zero-order chi connectivity index (χ0) is 15.6. The summed E-state index contributed by atoms with van der Waals surface area (Å²) in [6.07, 6.45) is 0. The minimum Gasteiger partial charge on any atom is -0.301 e. The van der Waals surface area contributed by atoms with Crippen LogP contribution in [0.15, 0.2) is 34.8 Å². The van der Waals surface area contributed by atoms with Gasteiger partial charge in [0.15, 0.2) is 0 Å². The Morgan fingerprint density at radius 3 is 2.76 bits per heavy atom. The molecule has 1 N–H and O–H groups in total. The van der Waals surface area contributed by atoms with Gasteiger partial charge in [-0.1, -0.05) is 27.5 Å². The number of nitrogens with zero attached hydrogens (tertiary/aromatic N) is 2. The van der Waals surface area contributed by atoms with Crippen LogP contribution >= 0.6 is 50.1 Å². The lowest BCUT2D eigenvalue weighted by Crippen LogP contribution is -2.15. The number of hydrogen-bond acceptors (Lipinski definition) is 4. The predicted molar refractivity (Wildman–Crippen MR) is 90.7 cm³/mol. The number of carbonyl (C=O) groups excluding carboxylic acids is 1. The smallest absolute Gasteiger partial charge is 0.301 e. The zero-order valence-corrected chi connectivity index (χ0v) is 14.6. The van der Waals surface area contributed by atoms with Crippen molar-refractivity contribution in [3.05, 3.63) is 59.2 Å². The fourth-order valence-electron chi connectivity index (χ4n) is 1.51. The van der Waals surface area contributed by atoms with Crippen molar-refractivity contribution in [2.45, 2.75) is 0 Å². The number of nitro groups is 1. The second kappa shape index (κ2) is 6.67. The number of rotatable bonds is 3. The highest BCUT2D eigenvalue weighted by molar-refractivity contribution is 14.1. The summed E-state index contributed by atoms with van der Waals surface area (Å²) in [5.41, 5.74) is 0.0544. The second-order valence-corrected chi connectivity index (χ2v) is 6.30. The van der Waals surface area contributed by atoms with Crippen LogP contribution in [0.3, 0.4) is 0 Å². The Balaban J connectivity index is 2.38. The number of pyridine rings is 1. The van der Waals surface area contributed by atoms with Crippen LogP contribution in [-0.4, -0.2) is 15.8 Å². The molecule has 1 aromatic carbocycles. The molecule has 0 fully saturated rings. The van der Waals surface area contributed by atoms with E-state index in [4.69, 9.17) is 11.6 Å². The Kier molecular flexibility index (Phi) is 5.12. The maximum absolute atomic E-state index is 12.2. The number of hydrogen-bond donors (Lipinski definition) is 1. The quantitative estimate of drug-likeness (QED) is 0.307. The van der Waals surface area contributed by atoms with Crippen LogP contribution in [0.2, 0.25) is 5.15 Å². The molecule has 1 heterocycles. The average Bonchev–Trinajstić information content (AvgIpc) is 2.41. The molecule has 0 aliphatic rings. The molecule has 2 aromatic rings. The average molecular weight is 482 g/mol. The van der Waals surface area contributed by atoms with Crippen molar-refractivity contribution in [2.24, 2.45) is 0 Å². The molecule has 0 aliphatic heterocycles. The maximum atomic E-state index is 12.2. The first-order valence-electron chi connectivity index (χ1n) is 5.46. The minimum atomic E-state index is -0.634. The molecule has 0 radical (unpaired) electrons. The topological polar surface area (TPSA) is 85.1 Å². The van der Waals surface area contributed by atoms with Crippen LogP contribution in [-0.2, 0) is 0 Å². The molecular formula is C12H6BrClIN3O3. The standard InChI is InChI=1S/C12H6BrClIN3O3/c13-6-1-2-8(15)7(5-6)12(19)17-11-9(18(20)21)3-4-10(14)16-11/h1-5H,(H,16,17,19). The van der Waals surface area contributed by atoms with E-state index in [1.54, 1.807) is 18.2 Å². The van der Waals surface area contributed by atoms with Crippen molar-refractivity contribution in [3.8, 4) is 0 Å². The van der Waals surface area contributed by atoms with Crippen LogP contribution in [0.4, 0.5) is 11.5 Å². The number of anilines is 1. The normalized spacial score (nSPS) is 10.2. The van der Waals surface area contributed by atoms with Crippen molar-refractivity contribution >= 4 is 67.5 Å². The summed E-state index contributed by atoms with van der Waals surface area (Å²) in [7, 11) is 0. The van der Waals surface area contributed by atoms with E-state index in [9.17, 15) is 14.9 Å². The molecule has 0 atom stereocenters. The molecule has 21 heavy (non-hydrogen) atoms. The number of nitrogens with one attached hydrogen (secondary N) is 1.